The summed E-state index contributed by atoms with van der Waals surface area (Å²) in [6.45, 7) is 4.45. The molecule has 0 aliphatic carbocycles. The molecule has 1 amide bonds. The Bertz CT molecular complexity index is 1310. The van der Waals surface area contributed by atoms with Crippen LogP contribution in [0.15, 0.2) is 54.6 Å². The Labute approximate surface area is 190 Å². The third-order valence-electron chi connectivity index (χ3n) is 5.91. The van der Waals surface area contributed by atoms with Gasteiger partial charge in [0.2, 0.25) is 11.9 Å². The molecule has 3 heterocycles. The summed E-state index contributed by atoms with van der Waals surface area (Å²) in [5, 5.41) is 5.27. The van der Waals surface area contributed by atoms with E-state index in [9.17, 15) is 9.18 Å². The normalized spacial score (nSPS) is 14.1. The van der Waals surface area contributed by atoms with Crippen LogP contribution in [0.5, 0.6) is 0 Å². The van der Waals surface area contributed by atoms with E-state index in [0.717, 1.165) is 5.56 Å². The van der Waals surface area contributed by atoms with Crippen molar-refractivity contribution >= 4 is 28.7 Å². The van der Waals surface area contributed by atoms with Crippen LogP contribution in [0.4, 0.5) is 16.2 Å². The zero-order chi connectivity index (χ0) is 22.9. The van der Waals surface area contributed by atoms with E-state index >= 15 is 0 Å². The highest BCUT2D eigenvalue weighted by atomic mass is 19.1. The molecule has 0 radical (unpaired) electrons. The molecule has 168 valence electrons. The zero-order valence-electron chi connectivity index (χ0n) is 18.3. The molecule has 9 heteroatoms. The predicted octanol–water partition coefficient (Wildman–Crippen LogP) is 2.93. The Morgan fingerprint density at radius 3 is 2.48 bits per heavy atom. The highest BCUT2D eigenvalue weighted by molar-refractivity contribution is 5.99. The first kappa shape index (κ1) is 20.9. The van der Waals surface area contributed by atoms with Gasteiger partial charge >= 0.3 is 0 Å². The molecule has 4 aromatic rings. The number of piperazine rings is 1. The number of carbonyl (C=O) groups excluding carboxylic acids is 1. The highest BCUT2D eigenvalue weighted by Gasteiger charge is 2.24. The highest BCUT2D eigenvalue weighted by Crippen LogP contribution is 2.33. The summed E-state index contributed by atoms with van der Waals surface area (Å²) in [5.41, 5.74) is 9.18. The van der Waals surface area contributed by atoms with Gasteiger partial charge in [-0.05, 0) is 17.7 Å². The van der Waals surface area contributed by atoms with E-state index in [2.05, 4.69) is 5.10 Å². The average Bonchev–Trinajstić information content (AvgIpc) is 3.14. The molecule has 0 bridgehead atoms. The van der Waals surface area contributed by atoms with Crippen LogP contribution >= 0.6 is 0 Å². The third kappa shape index (κ3) is 4.09. The summed E-state index contributed by atoms with van der Waals surface area (Å²) >= 11 is 0. The number of nitrogens with zero attached hydrogens (tertiary/aromatic N) is 6. The van der Waals surface area contributed by atoms with E-state index in [4.69, 9.17) is 15.7 Å². The SMILES string of the molecule is CC(=O)N1CCN(c2nc(-c3cccc(F)c3)c3c(N)n(Cc4ccccc4)nc3n2)CC1. The van der Waals surface area contributed by atoms with E-state index < -0.39 is 0 Å². The number of rotatable bonds is 4. The van der Waals surface area contributed by atoms with Crippen LogP contribution < -0.4 is 10.6 Å². The number of hydrogen-bond acceptors (Lipinski definition) is 6. The molecule has 33 heavy (non-hydrogen) atoms. The molecular weight excluding hydrogens is 421 g/mol. The minimum atomic E-state index is -0.355. The molecule has 2 N–H and O–H groups in total. The number of aromatic nitrogens is 4. The van der Waals surface area contributed by atoms with Crippen molar-refractivity contribution < 1.29 is 9.18 Å². The van der Waals surface area contributed by atoms with Gasteiger partial charge in [0.1, 0.15) is 11.6 Å². The van der Waals surface area contributed by atoms with Gasteiger partial charge in [0, 0.05) is 38.7 Å². The topological polar surface area (TPSA) is 93.2 Å². The van der Waals surface area contributed by atoms with E-state index in [1.54, 1.807) is 28.6 Å². The third-order valence-corrected chi connectivity index (χ3v) is 5.91. The summed E-state index contributed by atoms with van der Waals surface area (Å²) in [4.78, 5) is 25.0. The van der Waals surface area contributed by atoms with Crippen LogP contribution in [0.3, 0.4) is 0 Å². The molecule has 8 nitrogen and oxygen atoms in total. The summed E-state index contributed by atoms with van der Waals surface area (Å²) in [5.74, 6) is 0.625. The fourth-order valence-corrected chi connectivity index (χ4v) is 4.13. The van der Waals surface area contributed by atoms with Gasteiger partial charge in [-0.3, -0.25) is 4.79 Å². The first-order valence-corrected chi connectivity index (χ1v) is 10.8. The first-order valence-electron chi connectivity index (χ1n) is 10.8. The molecule has 1 aliphatic rings. The lowest BCUT2D eigenvalue weighted by atomic mass is 10.1. The van der Waals surface area contributed by atoms with E-state index in [1.807, 2.05) is 35.2 Å². The molecule has 0 saturated carbocycles. The van der Waals surface area contributed by atoms with Crippen LogP contribution in [-0.2, 0) is 11.3 Å². The van der Waals surface area contributed by atoms with Crippen molar-refractivity contribution in [3.8, 4) is 11.3 Å². The standard InChI is InChI=1S/C24H24FN7O/c1-16(33)30-10-12-31(13-11-30)24-27-21(18-8-5-9-19(25)14-18)20-22(26)32(29-23(20)28-24)15-17-6-3-2-4-7-17/h2-9,14H,10-13,15,26H2,1H3. The minimum absolute atomic E-state index is 0.0545. The maximum atomic E-state index is 14.1. The van der Waals surface area contributed by atoms with Gasteiger partial charge in [0.15, 0.2) is 5.65 Å². The number of carbonyl (C=O) groups is 1. The van der Waals surface area contributed by atoms with Gasteiger partial charge in [0.25, 0.3) is 0 Å². The van der Waals surface area contributed by atoms with Crippen molar-refractivity contribution in [2.24, 2.45) is 0 Å². The number of anilines is 2. The van der Waals surface area contributed by atoms with Gasteiger partial charge in [0.05, 0.1) is 17.6 Å². The van der Waals surface area contributed by atoms with Crippen molar-refractivity contribution in [1.82, 2.24) is 24.6 Å². The maximum absolute atomic E-state index is 14.1. The second-order valence-corrected chi connectivity index (χ2v) is 8.10. The molecule has 0 unspecified atom stereocenters. The summed E-state index contributed by atoms with van der Waals surface area (Å²) in [6.07, 6.45) is 0. The second kappa shape index (κ2) is 8.50. The van der Waals surface area contributed by atoms with Gasteiger partial charge in [-0.1, -0.05) is 42.5 Å². The molecular formula is C24H24FN7O. The smallest absolute Gasteiger partial charge is 0.228 e. The Kier molecular flexibility index (Phi) is 5.37. The molecule has 1 fully saturated rings. The van der Waals surface area contributed by atoms with Gasteiger partial charge in [-0.25, -0.2) is 14.1 Å². The van der Waals surface area contributed by atoms with Crippen molar-refractivity contribution in [3.63, 3.8) is 0 Å². The van der Waals surface area contributed by atoms with E-state index in [1.165, 1.54) is 12.1 Å². The average molecular weight is 446 g/mol. The quantitative estimate of drug-likeness (QED) is 0.519. The van der Waals surface area contributed by atoms with Crippen molar-refractivity contribution in [3.05, 3.63) is 66.0 Å². The van der Waals surface area contributed by atoms with E-state index in [-0.39, 0.29) is 11.7 Å². The molecule has 0 atom stereocenters. The Balaban J connectivity index is 1.60. The lowest BCUT2D eigenvalue weighted by Crippen LogP contribution is -2.48. The number of nitrogen functional groups attached to an aromatic ring is 1. The Hall–Kier alpha value is -4.01. The number of nitrogens with two attached hydrogens (primary N) is 1. The van der Waals surface area contributed by atoms with E-state index in [0.29, 0.717) is 66.8 Å². The van der Waals surface area contributed by atoms with Gasteiger partial charge in [-0.15, -0.1) is 5.10 Å². The zero-order valence-corrected chi connectivity index (χ0v) is 18.3. The Morgan fingerprint density at radius 2 is 1.79 bits per heavy atom. The largest absolute Gasteiger partial charge is 0.383 e. The van der Waals surface area contributed by atoms with Gasteiger partial charge < -0.3 is 15.5 Å². The van der Waals surface area contributed by atoms with Gasteiger partial charge in [-0.2, -0.15) is 4.98 Å². The summed E-state index contributed by atoms with van der Waals surface area (Å²) in [6, 6.07) is 16.2. The van der Waals surface area contributed by atoms with Crippen molar-refractivity contribution in [2.45, 2.75) is 13.5 Å². The molecule has 1 aliphatic heterocycles. The summed E-state index contributed by atoms with van der Waals surface area (Å²) in [7, 11) is 0. The fraction of sp³-hybridized carbons (Fsp3) is 0.250. The number of fused-ring (bicyclic) bond motifs is 1. The lowest BCUT2D eigenvalue weighted by Gasteiger charge is -2.34. The van der Waals surface area contributed by atoms with Crippen LogP contribution in [0.2, 0.25) is 0 Å². The second-order valence-electron chi connectivity index (χ2n) is 8.10. The monoisotopic (exact) mass is 445 g/mol. The Morgan fingerprint density at radius 1 is 1.03 bits per heavy atom. The number of benzene rings is 2. The maximum Gasteiger partial charge on any atom is 0.228 e. The van der Waals surface area contributed by atoms with Crippen LogP contribution in [0.25, 0.3) is 22.3 Å². The molecule has 1 saturated heterocycles. The fourth-order valence-electron chi connectivity index (χ4n) is 4.13. The molecule has 0 spiro atoms. The van der Waals surface area contributed by atoms with Crippen molar-refractivity contribution in [1.29, 1.82) is 0 Å². The molecule has 2 aromatic carbocycles. The minimum Gasteiger partial charge on any atom is -0.383 e. The number of hydrogen-bond donors (Lipinski definition) is 1. The van der Waals surface area contributed by atoms with Crippen LogP contribution in [0, 0.1) is 5.82 Å². The molecule has 2 aromatic heterocycles. The number of halogens is 1. The van der Waals surface area contributed by atoms with Crippen LogP contribution in [0.1, 0.15) is 12.5 Å². The van der Waals surface area contributed by atoms with Crippen LogP contribution in [-0.4, -0.2) is 56.7 Å². The summed E-state index contributed by atoms with van der Waals surface area (Å²) < 4.78 is 15.8. The number of amides is 1. The molecule has 5 rings (SSSR count). The first-order chi connectivity index (χ1) is 16.0. The predicted molar refractivity (Wildman–Crippen MR) is 125 cm³/mol. The van der Waals surface area contributed by atoms with Crippen molar-refractivity contribution in [2.75, 3.05) is 36.8 Å². The lowest BCUT2D eigenvalue weighted by molar-refractivity contribution is -0.129.